The van der Waals surface area contributed by atoms with Gasteiger partial charge in [-0.2, -0.15) is 0 Å². The van der Waals surface area contributed by atoms with Crippen LogP contribution < -0.4 is 11.3 Å². The summed E-state index contributed by atoms with van der Waals surface area (Å²) in [5.74, 6) is 5.55. The fourth-order valence-electron chi connectivity index (χ4n) is 1.66. The summed E-state index contributed by atoms with van der Waals surface area (Å²) in [6, 6.07) is 5.89. The Labute approximate surface area is 102 Å². The van der Waals surface area contributed by atoms with Gasteiger partial charge >= 0.3 is 0 Å². The Balaban J connectivity index is 2.90. The van der Waals surface area contributed by atoms with E-state index in [2.05, 4.69) is 5.43 Å². The summed E-state index contributed by atoms with van der Waals surface area (Å²) in [5, 5.41) is 0.751. The number of nitrogens with one attached hydrogen (secondary N) is 1. The minimum absolute atomic E-state index is 0.00812. The summed E-state index contributed by atoms with van der Waals surface area (Å²) >= 11 is 6.09. The molecule has 0 radical (unpaired) electrons. The maximum Gasteiger partial charge on any atom is 0.0754 e. The number of nitrogens with two attached hydrogens (primary N) is 1. The minimum Gasteiger partial charge on any atom is -0.377 e. The number of rotatable bonds is 5. The number of benzene rings is 1. The summed E-state index contributed by atoms with van der Waals surface area (Å²) < 4.78 is 5.53. The first-order valence-electron chi connectivity index (χ1n) is 5.44. The maximum absolute atomic E-state index is 6.09. The molecule has 1 aromatic rings. The van der Waals surface area contributed by atoms with E-state index in [4.69, 9.17) is 22.2 Å². The van der Waals surface area contributed by atoms with Gasteiger partial charge in [0.1, 0.15) is 0 Å². The van der Waals surface area contributed by atoms with Gasteiger partial charge in [0.15, 0.2) is 0 Å². The van der Waals surface area contributed by atoms with Crippen molar-refractivity contribution in [3.05, 3.63) is 34.3 Å². The van der Waals surface area contributed by atoms with Gasteiger partial charge in [-0.1, -0.05) is 23.7 Å². The third-order valence-electron chi connectivity index (χ3n) is 2.63. The van der Waals surface area contributed by atoms with Gasteiger partial charge in [0.2, 0.25) is 0 Å². The van der Waals surface area contributed by atoms with E-state index < -0.39 is 0 Å². The first-order chi connectivity index (χ1) is 7.60. The first-order valence-corrected chi connectivity index (χ1v) is 5.81. The molecule has 16 heavy (non-hydrogen) atoms. The van der Waals surface area contributed by atoms with Crippen molar-refractivity contribution in [2.24, 2.45) is 5.84 Å². The average molecular weight is 243 g/mol. The molecule has 3 nitrogen and oxygen atoms in total. The highest BCUT2D eigenvalue weighted by atomic mass is 35.5. The summed E-state index contributed by atoms with van der Waals surface area (Å²) in [5.41, 5.74) is 4.87. The summed E-state index contributed by atoms with van der Waals surface area (Å²) in [4.78, 5) is 0. The molecule has 0 aliphatic rings. The second kappa shape index (κ2) is 6.21. The average Bonchev–Trinajstić information content (AvgIpc) is 2.25. The second-order valence-electron chi connectivity index (χ2n) is 3.81. The molecule has 2 unspecified atom stereocenters. The van der Waals surface area contributed by atoms with E-state index in [0.29, 0.717) is 6.61 Å². The lowest BCUT2D eigenvalue weighted by molar-refractivity contribution is 0.0472. The molecule has 1 rings (SSSR count). The fourth-order valence-corrected chi connectivity index (χ4v) is 1.85. The van der Waals surface area contributed by atoms with Gasteiger partial charge in [0.25, 0.3) is 0 Å². The zero-order valence-electron chi connectivity index (χ0n) is 9.96. The normalized spacial score (nSPS) is 14.8. The Bertz CT molecular complexity index is 344. The smallest absolute Gasteiger partial charge is 0.0754 e. The lowest BCUT2D eigenvalue weighted by atomic mass is 10.0. The van der Waals surface area contributed by atoms with Gasteiger partial charge in [-0.3, -0.25) is 11.3 Å². The molecule has 0 amide bonds. The van der Waals surface area contributed by atoms with E-state index in [1.807, 2.05) is 39.0 Å². The van der Waals surface area contributed by atoms with Crippen molar-refractivity contribution >= 4 is 11.6 Å². The summed E-state index contributed by atoms with van der Waals surface area (Å²) in [7, 11) is 0. The molecular weight excluding hydrogens is 224 g/mol. The molecule has 0 bridgehead atoms. The van der Waals surface area contributed by atoms with Crippen LogP contribution in [0.4, 0.5) is 0 Å². The Hall–Kier alpha value is -0.610. The molecule has 4 heteroatoms. The van der Waals surface area contributed by atoms with Crippen molar-refractivity contribution in [1.29, 1.82) is 0 Å². The van der Waals surface area contributed by atoms with Gasteiger partial charge in [0.05, 0.1) is 12.1 Å². The van der Waals surface area contributed by atoms with E-state index in [0.717, 1.165) is 16.1 Å². The summed E-state index contributed by atoms with van der Waals surface area (Å²) in [6.45, 7) is 6.59. The van der Waals surface area contributed by atoms with Crippen molar-refractivity contribution in [2.45, 2.75) is 32.9 Å². The van der Waals surface area contributed by atoms with E-state index in [1.54, 1.807) is 0 Å². The van der Waals surface area contributed by atoms with Crippen LogP contribution in [-0.2, 0) is 4.74 Å². The van der Waals surface area contributed by atoms with E-state index in [1.165, 1.54) is 0 Å². The van der Waals surface area contributed by atoms with Gasteiger partial charge < -0.3 is 4.74 Å². The maximum atomic E-state index is 6.09. The molecule has 2 atom stereocenters. The fraction of sp³-hybridized carbons (Fsp3) is 0.500. The predicted octanol–water partition coefficient (Wildman–Crippen LogP) is 2.58. The minimum atomic E-state index is -0.0435. The molecule has 0 spiro atoms. The zero-order valence-corrected chi connectivity index (χ0v) is 10.7. The molecule has 0 aliphatic heterocycles. The largest absolute Gasteiger partial charge is 0.377 e. The molecule has 0 saturated carbocycles. The number of hydrogen-bond donors (Lipinski definition) is 2. The van der Waals surface area contributed by atoms with E-state index >= 15 is 0 Å². The third kappa shape index (κ3) is 3.19. The molecule has 3 N–H and O–H groups in total. The molecule has 90 valence electrons. The highest BCUT2D eigenvalue weighted by Gasteiger charge is 2.18. The van der Waals surface area contributed by atoms with Crippen LogP contribution >= 0.6 is 11.6 Å². The van der Waals surface area contributed by atoms with Crippen LogP contribution in [0.15, 0.2) is 18.2 Å². The molecular formula is C12H19ClN2O. The van der Waals surface area contributed by atoms with Crippen LogP contribution in [0.25, 0.3) is 0 Å². The first kappa shape index (κ1) is 13.5. The van der Waals surface area contributed by atoms with Crippen molar-refractivity contribution in [2.75, 3.05) is 6.61 Å². The van der Waals surface area contributed by atoms with Gasteiger partial charge in [-0.25, -0.2) is 0 Å². The van der Waals surface area contributed by atoms with Crippen molar-refractivity contribution in [3.63, 3.8) is 0 Å². The summed E-state index contributed by atoms with van der Waals surface area (Å²) in [6.07, 6.45) is 0.00812. The van der Waals surface area contributed by atoms with Crippen molar-refractivity contribution in [1.82, 2.24) is 5.43 Å². The lowest BCUT2D eigenvalue weighted by Crippen LogP contribution is -2.36. The lowest BCUT2D eigenvalue weighted by Gasteiger charge is -2.23. The van der Waals surface area contributed by atoms with Gasteiger partial charge in [0, 0.05) is 11.6 Å². The number of halogens is 1. The topological polar surface area (TPSA) is 47.3 Å². The second-order valence-corrected chi connectivity index (χ2v) is 4.22. The number of hydrazine groups is 1. The Morgan fingerprint density at radius 3 is 2.69 bits per heavy atom. The highest BCUT2D eigenvalue weighted by Crippen LogP contribution is 2.24. The predicted molar refractivity (Wildman–Crippen MR) is 67.3 cm³/mol. The van der Waals surface area contributed by atoms with Crippen LogP contribution in [-0.4, -0.2) is 12.7 Å². The number of aryl methyl sites for hydroxylation is 1. The molecule has 0 fully saturated rings. The highest BCUT2D eigenvalue weighted by molar-refractivity contribution is 6.31. The van der Waals surface area contributed by atoms with E-state index in [-0.39, 0.29) is 12.1 Å². The van der Waals surface area contributed by atoms with Crippen LogP contribution in [0.3, 0.4) is 0 Å². The van der Waals surface area contributed by atoms with Crippen LogP contribution in [0.1, 0.15) is 31.0 Å². The van der Waals surface area contributed by atoms with Crippen molar-refractivity contribution < 1.29 is 4.74 Å². The van der Waals surface area contributed by atoms with Gasteiger partial charge in [-0.05, 0) is 38.0 Å². The zero-order chi connectivity index (χ0) is 12.1. The molecule has 0 aromatic heterocycles. The molecule has 0 heterocycles. The number of hydrogen-bond acceptors (Lipinski definition) is 3. The molecule has 1 aromatic carbocycles. The Morgan fingerprint density at radius 1 is 1.50 bits per heavy atom. The Kier molecular flexibility index (Phi) is 5.22. The molecule has 0 aliphatic carbocycles. The van der Waals surface area contributed by atoms with E-state index in [9.17, 15) is 0 Å². The standard InChI is InChI=1S/C12H19ClN2O/c1-4-16-9(3)12(15-14)10-6-5-8(2)11(13)7-10/h5-7,9,12,15H,4,14H2,1-3H3. The van der Waals surface area contributed by atoms with Crippen LogP contribution in [0, 0.1) is 6.92 Å². The number of ether oxygens (including phenoxy) is 1. The monoisotopic (exact) mass is 242 g/mol. The SMILES string of the molecule is CCOC(C)C(NN)c1ccc(C)c(Cl)c1. The van der Waals surface area contributed by atoms with Gasteiger partial charge in [-0.15, -0.1) is 0 Å². The quantitative estimate of drug-likeness (QED) is 0.616. The third-order valence-corrected chi connectivity index (χ3v) is 3.04. The van der Waals surface area contributed by atoms with Crippen molar-refractivity contribution in [3.8, 4) is 0 Å². The van der Waals surface area contributed by atoms with Crippen LogP contribution in [0.5, 0.6) is 0 Å². The molecule has 0 saturated heterocycles. The van der Waals surface area contributed by atoms with Crippen LogP contribution in [0.2, 0.25) is 5.02 Å². The Morgan fingerprint density at radius 2 is 2.19 bits per heavy atom.